The molecule has 0 saturated carbocycles. The molecular weight excluding hydrogens is 334 g/mol. The van der Waals surface area contributed by atoms with E-state index in [1.807, 2.05) is 13.8 Å². The molecule has 144 valence electrons. The number of nitrogens with zero attached hydrogens (tertiary/aromatic N) is 2. The van der Waals surface area contributed by atoms with E-state index in [1.54, 1.807) is 6.07 Å². The van der Waals surface area contributed by atoms with Gasteiger partial charge in [-0.3, -0.25) is 9.59 Å². The summed E-state index contributed by atoms with van der Waals surface area (Å²) >= 11 is 0. The lowest BCUT2D eigenvalue weighted by molar-refractivity contribution is -0.123. The maximum absolute atomic E-state index is 12.2. The highest BCUT2D eigenvalue weighted by Gasteiger charge is 2.23. The van der Waals surface area contributed by atoms with Crippen molar-refractivity contribution in [2.75, 3.05) is 26.2 Å². The van der Waals surface area contributed by atoms with Crippen molar-refractivity contribution in [3.05, 3.63) is 27.9 Å². The SMILES string of the molecule is CC(C)Cc1cc(C(=O)NCCCN2CCC[C@@H](C(N)=O)C2)nc(=O)[nH]1. The van der Waals surface area contributed by atoms with E-state index in [9.17, 15) is 14.4 Å². The molecule has 26 heavy (non-hydrogen) atoms. The molecule has 2 rings (SSSR count). The van der Waals surface area contributed by atoms with Crippen LogP contribution in [0.25, 0.3) is 0 Å². The van der Waals surface area contributed by atoms with Gasteiger partial charge in [0.1, 0.15) is 5.69 Å². The van der Waals surface area contributed by atoms with Crippen LogP contribution in [0.15, 0.2) is 10.9 Å². The number of likely N-dealkylation sites (tertiary alicyclic amines) is 1. The molecule has 1 aliphatic rings. The summed E-state index contributed by atoms with van der Waals surface area (Å²) < 4.78 is 0. The molecule has 1 aliphatic heterocycles. The Morgan fingerprint density at radius 3 is 2.92 bits per heavy atom. The Labute approximate surface area is 153 Å². The van der Waals surface area contributed by atoms with Gasteiger partial charge in [-0.05, 0) is 50.8 Å². The number of aromatic nitrogens is 2. The van der Waals surface area contributed by atoms with Gasteiger partial charge in [0.15, 0.2) is 0 Å². The standard InChI is InChI=1S/C18H29N5O3/c1-12(2)9-14-10-15(22-18(26)21-14)17(25)20-6-4-8-23-7-3-5-13(11-23)16(19)24/h10,12-13H,3-9,11H2,1-2H3,(H2,19,24)(H,20,25)(H,21,22,26)/t13-/m1/s1. The average molecular weight is 363 g/mol. The van der Waals surface area contributed by atoms with Crippen LogP contribution in [-0.2, 0) is 11.2 Å². The molecule has 0 radical (unpaired) electrons. The van der Waals surface area contributed by atoms with Gasteiger partial charge in [-0.25, -0.2) is 4.79 Å². The van der Waals surface area contributed by atoms with Crippen LogP contribution in [0.1, 0.15) is 49.3 Å². The number of nitrogens with two attached hydrogens (primary N) is 1. The zero-order chi connectivity index (χ0) is 19.1. The van der Waals surface area contributed by atoms with Gasteiger partial charge < -0.3 is 20.9 Å². The second kappa shape index (κ2) is 9.47. The number of piperidine rings is 1. The van der Waals surface area contributed by atoms with Gasteiger partial charge in [0.2, 0.25) is 5.91 Å². The van der Waals surface area contributed by atoms with Crippen LogP contribution in [-0.4, -0.2) is 52.9 Å². The van der Waals surface area contributed by atoms with Gasteiger partial charge in [0.05, 0.1) is 5.92 Å². The molecule has 0 aliphatic carbocycles. The van der Waals surface area contributed by atoms with Crippen molar-refractivity contribution in [1.29, 1.82) is 0 Å². The normalized spacial score (nSPS) is 18.0. The molecule has 1 fully saturated rings. The average Bonchev–Trinajstić information content (AvgIpc) is 2.57. The van der Waals surface area contributed by atoms with E-state index < -0.39 is 5.69 Å². The molecule has 8 nitrogen and oxygen atoms in total. The third kappa shape index (κ3) is 6.25. The lowest BCUT2D eigenvalue weighted by Gasteiger charge is -2.31. The first-order valence-electron chi connectivity index (χ1n) is 9.25. The summed E-state index contributed by atoms with van der Waals surface area (Å²) in [4.78, 5) is 43.8. The highest BCUT2D eigenvalue weighted by atomic mass is 16.2. The van der Waals surface area contributed by atoms with Gasteiger partial charge in [0, 0.05) is 18.8 Å². The van der Waals surface area contributed by atoms with Gasteiger partial charge in [-0.1, -0.05) is 13.8 Å². The second-order valence-corrected chi connectivity index (χ2v) is 7.35. The number of rotatable bonds is 8. The van der Waals surface area contributed by atoms with Gasteiger partial charge >= 0.3 is 5.69 Å². The summed E-state index contributed by atoms with van der Waals surface area (Å²) in [6.07, 6.45) is 3.28. The quantitative estimate of drug-likeness (QED) is 0.573. The first-order chi connectivity index (χ1) is 12.3. The fraction of sp³-hybridized carbons (Fsp3) is 0.667. The van der Waals surface area contributed by atoms with Crippen LogP contribution in [0.4, 0.5) is 0 Å². The summed E-state index contributed by atoms with van der Waals surface area (Å²) in [6, 6.07) is 1.64. The molecular formula is C18H29N5O3. The molecule has 2 heterocycles. The largest absolute Gasteiger partial charge is 0.369 e. The van der Waals surface area contributed by atoms with Crippen molar-refractivity contribution in [2.45, 2.75) is 39.5 Å². The summed E-state index contributed by atoms with van der Waals surface area (Å²) in [5.74, 6) is -0.272. The molecule has 0 bridgehead atoms. The Bertz CT molecular complexity index is 686. The Kier molecular flexibility index (Phi) is 7.32. The molecule has 8 heteroatoms. The van der Waals surface area contributed by atoms with E-state index in [2.05, 4.69) is 20.2 Å². The highest BCUT2D eigenvalue weighted by Crippen LogP contribution is 2.15. The Morgan fingerprint density at radius 2 is 2.23 bits per heavy atom. The van der Waals surface area contributed by atoms with Crippen molar-refractivity contribution in [3.8, 4) is 0 Å². The summed E-state index contributed by atoms with van der Waals surface area (Å²) in [7, 11) is 0. The lowest BCUT2D eigenvalue weighted by Crippen LogP contribution is -2.42. The Morgan fingerprint density at radius 1 is 1.46 bits per heavy atom. The zero-order valence-electron chi connectivity index (χ0n) is 15.6. The number of primary amides is 1. The second-order valence-electron chi connectivity index (χ2n) is 7.35. The predicted molar refractivity (Wildman–Crippen MR) is 98.7 cm³/mol. The molecule has 0 spiro atoms. The number of hydrogen-bond donors (Lipinski definition) is 3. The van der Waals surface area contributed by atoms with Crippen LogP contribution >= 0.6 is 0 Å². The fourth-order valence-electron chi connectivity index (χ4n) is 3.26. The van der Waals surface area contributed by atoms with E-state index in [0.29, 0.717) is 25.4 Å². The van der Waals surface area contributed by atoms with Crippen LogP contribution in [0.5, 0.6) is 0 Å². The van der Waals surface area contributed by atoms with Crippen molar-refractivity contribution in [3.63, 3.8) is 0 Å². The Balaban J connectivity index is 1.79. The van der Waals surface area contributed by atoms with Crippen molar-refractivity contribution in [1.82, 2.24) is 20.2 Å². The number of hydrogen-bond acceptors (Lipinski definition) is 5. The van der Waals surface area contributed by atoms with Crippen molar-refractivity contribution < 1.29 is 9.59 Å². The van der Waals surface area contributed by atoms with E-state index in [1.165, 1.54) is 0 Å². The van der Waals surface area contributed by atoms with Crippen LogP contribution in [0.3, 0.4) is 0 Å². The molecule has 4 N–H and O–H groups in total. The van der Waals surface area contributed by atoms with E-state index in [-0.39, 0.29) is 23.4 Å². The molecule has 0 aromatic carbocycles. The lowest BCUT2D eigenvalue weighted by atomic mass is 9.97. The van der Waals surface area contributed by atoms with E-state index in [4.69, 9.17) is 5.73 Å². The first-order valence-corrected chi connectivity index (χ1v) is 9.25. The minimum atomic E-state index is -0.501. The maximum Gasteiger partial charge on any atom is 0.345 e. The van der Waals surface area contributed by atoms with Crippen LogP contribution in [0.2, 0.25) is 0 Å². The minimum absolute atomic E-state index is 0.0713. The topological polar surface area (TPSA) is 121 Å². The van der Waals surface area contributed by atoms with Gasteiger partial charge in [-0.2, -0.15) is 4.98 Å². The zero-order valence-corrected chi connectivity index (χ0v) is 15.6. The van der Waals surface area contributed by atoms with Crippen LogP contribution < -0.4 is 16.7 Å². The monoisotopic (exact) mass is 363 g/mol. The third-order valence-corrected chi connectivity index (χ3v) is 4.51. The number of aromatic amines is 1. The number of nitrogens with one attached hydrogen (secondary N) is 2. The highest BCUT2D eigenvalue weighted by molar-refractivity contribution is 5.92. The molecule has 0 unspecified atom stereocenters. The maximum atomic E-state index is 12.2. The van der Waals surface area contributed by atoms with Crippen molar-refractivity contribution in [2.24, 2.45) is 17.6 Å². The third-order valence-electron chi connectivity index (χ3n) is 4.51. The smallest absolute Gasteiger partial charge is 0.345 e. The minimum Gasteiger partial charge on any atom is -0.369 e. The predicted octanol–water partition coefficient (Wildman–Crippen LogP) is 0.286. The van der Waals surface area contributed by atoms with Gasteiger partial charge in [0.25, 0.3) is 5.91 Å². The number of amides is 2. The molecule has 1 aromatic rings. The molecule has 1 saturated heterocycles. The fourth-order valence-corrected chi connectivity index (χ4v) is 3.26. The van der Waals surface area contributed by atoms with E-state index >= 15 is 0 Å². The Hall–Kier alpha value is -2.22. The molecule has 1 atom stereocenters. The summed E-state index contributed by atoms with van der Waals surface area (Å²) in [5, 5.41) is 2.81. The van der Waals surface area contributed by atoms with E-state index in [0.717, 1.165) is 38.0 Å². The molecule has 1 aromatic heterocycles. The first kappa shape index (κ1) is 20.1. The van der Waals surface area contributed by atoms with Crippen molar-refractivity contribution >= 4 is 11.8 Å². The van der Waals surface area contributed by atoms with Crippen LogP contribution in [0, 0.1) is 11.8 Å². The summed E-state index contributed by atoms with van der Waals surface area (Å²) in [5.41, 5.74) is 5.75. The number of carbonyl (C=O) groups is 2. The van der Waals surface area contributed by atoms with Gasteiger partial charge in [-0.15, -0.1) is 0 Å². The summed E-state index contributed by atoms with van der Waals surface area (Å²) in [6.45, 7) is 7.02. The number of H-pyrrole nitrogens is 1. The molecule has 2 amide bonds. The number of carbonyl (C=O) groups excluding carboxylic acids is 2.